The van der Waals surface area contributed by atoms with Crippen LogP contribution < -0.4 is 5.32 Å². The van der Waals surface area contributed by atoms with E-state index in [0.717, 1.165) is 5.56 Å². The number of sulfonamides is 1. The van der Waals surface area contributed by atoms with Crippen LogP contribution in [-0.4, -0.2) is 37.4 Å². The molecule has 4 nitrogen and oxygen atoms in total. The molecule has 2 rings (SSSR count). The molecule has 0 amide bonds. The molecule has 1 aliphatic rings. The number of hydrogen-bond acceptors (Lipinski definition) is 3. The van der Waals surface area contributed by atoms with Crippen molar-refractivity contribution in [2.45, 2.75) is 44.2 Å². The quantitative estimate of drug-likeness (QED) is 0.899. The van der Waals surface area contributed by atoms with Gasteiger partial charge in [0.25, 0.3) is 0 Å². The Kier molecular flexibility index (Phi) is 3.73. The molecule has 0 aromatic heterocycles. The van der Waals surface area contributed by atoms with E-state index in [4.69, 9.17) is 0 Å². The maximum absolute atomic E-state index is 12.7. The lowest BCUT2D eigenvalue weighted by molar-refractivity contribution is 0.184. The Hall–Kier alpha value is -0.910. The normalized spacial score (nSPS) is 24.3. The van der Waals surface area contributed by atoms with Gasteiger partial charge in [-0.3, -0.25) is 0 Å². The lowest BCUT2D eigenvalue weighted by atomic mass is 10.0. The van der Waals surface area contributed by atoms with Crippen molar-refractivity contribution in [3.05, 3.63) is 29.8 Å². The minimum absolute atomic E-state index is 0.0284. The zero-order valence-electron chi connectivity index (χ0n) is 12.0. The number of piperazine rings is 1. The van der Waals surface area contributed by atoms with Crippen molar-refractivity contribution in [3.63, 3.8) is 0 Å². The molecule has 0 radical (unpaired) electrons. The van der Waals surface area contributed by atoms with Crippen LogP contribution in [0.4, 0.5) is 0 Å². The molecular weight excluding hydrogens is 260 g/mol. The summed E-state index contributed by atoms with van der Waals surface area (Å²) in [6.07, 6.45) is 0. The third-order valence-corrected chi connectivity index (χ3v) is 5.52. The van der Waals surface area contributed by atoms with Crippen molar-refractivity contribution in [2.75, 3.05) is 13.1 Å². The molecule has 1 unspecified atom stereocenters. The fourth-order valence-corrected chi connectivity index (χ4v) is 4.09. The number of benzene rings is 1. The highest BCUT2D eigenvalue weighted by Crippen LogP contribution is 2.24. The van der Waals surface area contributed by atoms with Crippen LogP contribution in [0.25, 0.3) is 0 Å². The predicted molar refractivity (Wildman–Crippen MR) is 76.6 cm³/mol. The zero-order chi connectivity index (χ0) is 14.3. The Morgan fingerprint density at radius 2 is 1.84 bits per heavy atom. The number of nitrogens with zero attached hydrogens (tertiary/aromatic N) is 1. The molecule has 1 aromatic carbocycles. The van der Waals surface area contributed by atoms with E-state index >= 15 is 0 Å². The molecule has 5 heteroatoms. The molecule has 106 valence electrons. The second-order valence-corrected chi connectivity index (χ2v) is 7.87. The molecule has 0 spiro atoms. The molecule has 0 aliphatic carbocycles. The summed E-state index contributed by atoms with van der Waals surface area (Å²) < 4.78 is 27.0. The maximum atomic E-state index is 12.7. The summed E-state index contributed by atoms with van der Waals surface area (Å²) in [6.45, 7) is 9.11. The van der Waals surface area contributed by atoms with Crippen molar-refractivity contribution in [2.24, 2.45) is 0 Å². The van der Waals surface area contributed by atoms with E-state index in [-0.39, 0.29) is 11.6 Å². The molecule has 0 saturated carbocycles. The van der Waals surface area contributed by atoms with Crippen LogP contribution >= 0.6 is 0 Å². The van der Waals surface area contributed by atoms with Crippen LogP contribution in [0.2, 0.25) is 0 Å². The second kappa shape index (κ2) is 4.89. The molecule has 1 aliphatic heterocycles. The first-order chi connectivity index (χ1) is 8.72. The molecule has 19 heavy (non-hydrogen) atoms. The van der Waals surface area contributed by atoms with Gasteiger partial charge in [-0.1, -0.05) is 17.7 Å². The van der Waals surface area contributed by atoms with Crippen molar-refractivity contribution < 1.29 is 8.42 Å². The van der Waals surface area contributed by atoms with Gasteiger partial charge in [0.1, 0.15) is 0 Å². The fourth-order valence-electron chi connectivity index (χ4n) is 2.29. The summed E-state index contributed by atoms with van der Waals surface area (Å²) in [5.41, 5.74) is 0.872. The van der Waals surface area contributed by atoms with Gasteiger partial charge < -0.3 is 5.32 Å². The third kappa shape index (κ3) is 2.99. The molecule has 1 atom stereocenters. The SMILES string of the molecule is Cc1ccc(S(=O)(=O)N2CC(C)(C)NCC2C)cc1. The number of nitrogens with one attached hydrogen (secondary N) is 1. The van der Waals surface area contributed by atoms with Gasteiger partial charge in [0, 0.05) is 24.7 Å². The first-order valence-electron chi connectivity index (χ1n) is 6.56. The third-order valence-electron chi connectivity index (χ3n) is 3.55. The Bertz CT molecular complexity index is 549. The number of rotatable bonds is 2. The first-order valence-corrected chi connectivity index (χ1v) is 8.00. The van der Waals surface area contributed by atoms with Crippen LogP contribution in [0.1, 0.15) is 26.3 Å². The molecule has 0 bridgehead atoms. The lowest BCUT2D eigenvalue weighted by Gasteiger charge is -2.42. The predicted octanol–water partition coefficient (Wildman–Crippen LogP) is 1.76. The summed E-state index contributed by atoms with van der Waals surface area (Å²) in [6, 6.07) is 7.02. The summed E-state index contributed by atoms with van der Waals surface area (Å²) >= 11 is 0. The van der Waals surface area contributed by atoms with E-state index < -0.39 is 10.0 Å². The van der Waals surface area contributed by atoms with E-state index in [0.29, 0.717) is 18.0 Å². The van der Waals surface area contributed by atoms with Gasteiger partial charge in [-0.25, -0.2) is 8.42 Å². The van der Waals surface area contributed by atoms with Crippen LogP contribution in [0.15, 0.2) is 29.2 Å². The lowest BCUT2D eigenvalue weighted by Crippen LogP contribution is -2.61. The van der Waals surface area contributed by atoms with E-state index in [2.05, 4.69) is 5.32 Å². The summed E-state index contributed by atoms with van der Waals surface area (Å²) in [7, 11) is -3.41. The molecular formula is C14H22N2O2S. The maximum Gasteiger partial charge on any atom is 0.243 e. The largest absolute Gasteiger partial charge is 0.309 e. The molecule has 1 aromatic rings. The van der Waals surface area contributed by atoms with Gasteiger partial charge >= 0.3 is 0 Å². The molecule has 1 fully saturated rings. The standard InChI is InChI=1S/C14H22N2O2S/c1-11-5-7-13(8-6-11)19(17,18)16-10-14(3,4)15-9-12(16)2/h5-8,12,15H,9-10H2,1-4H3. The Morgan fingerprint density at radius 3 is 2.42 bits per heavy atom. The van der Waals surface area contributed by atoms with Gasteiger partial charge in [0.05, 0.1) is 4.90 Å². The Labute approximate surface area is 115 Å². The topological polar surface area (TPSA) is 49.4 Å². The summed E-state index contributed by atoms with van der Waals surface area (Å²) in [5.74, 6) is 0. The van der Waals surface area contributed by atoms with Crippen molar-refractivity contribution in [3.8, 4) is 0 Å². The van der Waals surface area contributed by atoms with Gasteiger partial charge in [0.15, 0.2) is 0 Å². The smallest absolute Gasteiger partial charge is 0.243 e. The highest BCUT2D eigenvalue weighted by Gasteiger charge is 2.37. The van der Waals surface area contributed by atoms with Crippen LogP contribution in [0.5, 0.6) is 0 Å². The Morgan fingerprint density at radius 1 is 1.26 bits per heavy atom. The molecule has 1 heterocycles. The fraction of sp³-hybridized carbons (Fsp3) is 0.571. The highest BCUT2D eigenvalue weighted by molar-refractivity contribution is 7.89. The van der Waals surface area contributed by atoms with Gasteiger partial charge in [0.2, 0.25) is 10.0 Å². The number of aryl methyl sites for hydroxylation is 1. The minimum Gasteiger partial charge on any atom is -0.309 e. The van der Waals surface area contributed by atoms with Gasteiger partial charge in [-0.15, -0.1) is 0 Å². The van der Waals surface area contributed by atoms with Gasteiger partial charge in [-0.05, 0) is 39.8 Å². The van der Waals surface area contributed by atoms with Crippen molar-refractivity contribution in [1.82, 2.24) is 9.62 Å². The van der Waals surface area contributed by atoms with E-state index in [9.17, 15) is 8.42 Å². The highest BCUT2D eigenvalue weighted by atomic mass is 32.2. The Balaban J connectivity index is 2.35. The second-order valence-electron chi connectivity index (χ2n) is 5.98. The number of hydrogen-bond donors (Lipinski definition) is 1. The average Bonchev–Trinajstić information content (AvgIpc) is 2.33. The zero-order valence-corrected chi connectivity index (χ0v) is 12.8. The van der Waals surface area contributed by atoms with Crippen LogP contribution in [-0.2, 0) is 10.0 Å². The molecule has 1 saturated heterocycles. The van der Waals surface area contributed by atoms with Crippen LogP contribution in [0.3, 0.4) is 0 Å². The monoisotopic (exact) mass is 282 g/mol. The van der Waals surface area contributed by atoms with Gasteiger partial charge in [-0.2, -0.15) is 4.31 Å². The summed E-state index contributed by atoms with van der Waals surface area (Å²) in [5, 5.41) is 3.36. The van der Waals surface area contributed by atoms with E-state index in [1.54, 1.807) is 16.4 Å². The summed E-state index contributed by atoms with van der Waals surface area (Å²) in [4.78, 5) is 0.377. The minimum atomic E-state index is -3.41. The average molecular weight is 282 g/mol. The van der Waals surface area contributed by atoms with E-state index in [1.165, 1.54) is 0 Å². The van der Waals surface area contributed by atoms with Crippen LogP contribution in [0, 0.1) is 6.92 Å². The van der Waals surface area contributed by atoms with Crippen molar-refractivity contribution >= 4 is 10.0 Å². The van der Waals surface area contributed by atoms with E-state index in [1.807, 2.05) is 39.8 Å². The first kappa shape index (κ1) is 14.5. The molecule has 1 N–H and O–H groups in total. The van der Waals surface area contributed by atoms with Crippen molar-refractivity contribution in [1.29, 1.82) is 0 Å².